The maximum atomic E-state index is 13.6. The summed E-state index contributed by atoms with van der Waals surface area (Å²) in [6, 6.07) is 9.68. The number of halogens is 3. The summed E-state index contributed by atoms with van der Waals surface area (Å²) in [6.45, 7) is 0.809. The van der Waals surface area contributed by atoms with Crippen molar-refractivity contribution in [3.8, 4) is 17.6 Å². The maximum Gasteiger partial charge on any atom is 0.394 e. The van der Waals surface area contributed by atoms with Gasteiger partial charge in [0.1, 0.15) is 22.9 Å². The third-order valence-electron chi connectivity index (χ3n) is 6.60. The largest absolute Gasteiger partial charge is 0.495 e. The molecule has 40 heavy (non-hydrogen) atoms. The van der Waals surface area contributed by atoms with Crippen molar-refractivity contribution in [2.45, 2.75) is 42.9 Å². The van der Waals surface area contributed by atoms with Gasteiger partial charge < -0.3 is 19.8 Å². The summed E-state index contributed by atoms with van der Waals surface area (Å²) in [7, 11) is -2.01. The highest BCUT2D eigenvalue weighted by Crippen LogP contribution is 2.32. The predicted octanol–water partition coefficient (Wildman–Crippen LogP) is 4.46. The number of aryl methyl sites for hydroxylation is 1. The molecule has 0 bridgehead atoms. The topological polar surface area (TPSA) is 103 Å². The zero-order valence-corrected chi connectivity index (χ0v) is 22.6. The van der Waals surface area contributed by atoms with E-state index in [1.807, 2.05) is 16.8 Å². The molecule has 1 aliphatic rings. The Bertz CT molecular complexity index is 1720. The second-order valence-corrected chi connectivity index (χ2v) is 11.4. The molecule has 4 heterocycles. The fourth-order valence-electron chi connectivity index (χ4n) is 4.75. The van der Waals surface area contributed by atoms with Gasteiger partial charge in [-0.25, -0.2) is 18.1 Å². The van der Waals surface area contributed by atoms with Gasteiger partial charge in [0.2, 0.25) is 0 Å². The van der Waals surface area contributed by atoms with Crippen LogP contribution < -0.4 is 15.4 Å². The number of anilines is 2. The van der Waals surface area contributed by atoms with Crippen LogP contribution in [0, 0.1) is 11.8 Å². The van der Waals surface area contributed by atoms with Crippen LogP contribution in [0.1, 0.15) is 35.8 Å². The van der Waals surface area contributed by atoms with Gasteiger partial charge in [-0.05, 0) is 37.0 Å². The molecule has 0 amide bonds. The second-order valence-electron chi connectivity index (χ2n) is 9.42. The smallest absolute Gasteiger partial charge is 0.394 e. The molecule has 1 aliphatic heterocycles. The average Bonchev–Trinajstić information content (AvgIpc) is 3.42. The first-order valence-electron chi connectivity index (χ1n) is 12.5. The Hall–Kier alpha value is -4.18. The van der Waals surface area contributed by atoms with Crippen molar-refractivity contribution in [1.82, 2.24) is 19.2 Å². The lowest BCUT2D eigenvalue weighted by atomic mass is 10.0. The van der Waals surface area contributed by atoms with E-state index in [1.54, 1.807) is 24.5 Å². The molecule has 0 unspecified atom stereocenters. The number of rotatable bonds is 6. The van der Waals surface area contributed by atoms with Gasteiger partial charge in [0.15, 0.2) is 9.84 Å². The van der Waals surface area contributed by atoms with Gasteiger partial charge >= 0.3 is 6.18 Å². The summed E-state index contributed by atoms with van der Waals surface area (Å²) in [5.41, 5.74) is 1.70. The van der Waals surface area contributed by atoms with Crippen molar-refractivity contribution in [2.75, 3.05) is 30.5 Å². The van der Waals surface area contributed by atoms with Gasteiger partial charge in [-0.3, -0.25) is 0 Å². The molecule has 0 fully saturated rings. The zero-order chi connectivity index (χ0) is 28.5. The number of nitrogens with one attached hydrogen (secondary N) is 2. The molecule has 3 aromatic heterocycles. The number of sulfone groups is 1. The number of alkyl halides is 3. The first kappa shape index (κ1) is 27.4. The lowest BCUT2D eigenvalue weighted by Gasteiger charge is -2.18. The van der Waals surface area contributed by atoms with E-state index in [-0.39, 0.29) is 28.9 Å². The molecule has 210 valence electrons. The van der Waals surface area contributed by atoms with Gasteiger partial charge in [-0.15, -0.1) is 0 Å². The fourth-order valence-corrected chi connectivity index (χ4v) is 5.38. The number of imidazole rings is 1. The quantitative estimate of drug-likeness (QED) is 0.329. The highest BCUT2D eigenvalue weighted by atomic mass is 32.2. The van der Waals surface area contributed by atoms with E-state index < -0.39 is 22.4 Å². The summed E-state index contributed by atoms with van der Waals surface area (Å²) in [6.07, 6.45) is 0.347. The van der Waals surface area contributed by atoms with E-state index in [4.69, 9.17) is 4.74 Å². The highest BCUT2D eigenvalue weighted by molar-refractivity contribution is 7.90. The van der Waals surface area contributed by atoms with Crippen molar-refractivity contribution in [3.63, 3.8) is 0 Å². The first-order chi connectivity index (χ1) is 19.0. The van der Waals surface area contributed by atoms with Crippen LogP contribution in [0.5, 0.6) is 5.75 Å². The zero-order valence-electron chi connectivity index (χ0n) is 21.8. The molecule has 2 N–H and O–H groups in total. The van der Waals surface area contributed by atoms with Crippen molar-refractivity contribution < 1.29 is 26.3 Å². The lowest BCUT2D eigenvalue weighted by molar-refractivity contribution is -0.128. The van der Waals surface area contributed by atoms with E-state index in [0.29, 0.717) is 17.1 Å². The van der Waals surface area contributed by atoms with E-state index in [2.05, 4.69) is 32.6 Å². The molecule has 0 radical (unpaired) electrons. The molecular formula is C27H27F3N6O3S. The summed E-state index contributed by atoms with van der Waals surface area (Å²) in [4.78, 5) is 4.67. The summed E-state index contributed by atoms with van der Waals surface area (Å²) >= 11 is 0. The number of fused-ring (bicyclic) bond motifs is 2. The number of pyridine rings is 1. The summed E-state index contributed by atoms with van der Waals surface area (Å²) < 4.78 is 73.0. The van der Waals surface area contributed by atoms with Crippen LogP contribution in [0.2, 0.25) is 0 Å². The second kappa shape index (κ2) is 10.8. The molecule has 1 aromatic carbocycles. The molecule has 1 atom stereocenters. The molecule has 0 aliphatic carbocycles. The van der Waals surface area contributed by atoms with Gasteiger partial charge in [0.05, 0.1) is 48.6 Å². The van der Waals surface area contributed by atoms with Gasteiger partial charge in [-0.1, -0.05) is 12.0 Å². The number of hydrogen-bond acceptors (Lipinski definition) is 7. The molecule has 5 rings (SSSR count). The number of ether oxygens (including phenoxy) is 1. The molecule has 0 spiro atoms. The van der Waals surface area contributed by atoms with E-state index in [1.165, 1.54) is 23.6 Å². The van der Waals surface area contributed by atoms with Crippen molar-refractivity contribution in [1.29, 1.82) is 0 Å². The van der Waals surface area contributed by atoms with Crippen molar-refractivity contribution in [3.05, 3.63) is 65.7 Å². The Morgan fingerprint density at radius 1 is 1.25 bits per heavy atom. The average molecular weight is 573 g/mol. The Morgan fingerprint density at radius 2 is 2.08 bits per heavy atom. The third kappa shape index (κ3) is 5.86. The van der Waals surface area contributed by atoms with Crippen LogP contribution in [0.15, 0.2) is 53.7 Å². The molecule has 0 saturated heterocycles. The van der Waals surface area contributed by atoms with E-state index >= 15 is 0 Å². The maximum absolute atomic E-state index is 13.6. The Kier molecular flexibility index (Phi) is 7.37. The van der Waals surface area contributed by atoms with Gasteiger partial charge in [-0.2, -0.15) is 18.3 Å². The molecule has 13 heteroatoms. The van der Waals surface area contributed by atoms with Gasteiger partial charge in [0.25, 0.3) is 0 Å². The number of benzene rings is 1. The molecular weight excluding hydrogens is 545 g/mol. The lowest BCUT2D eigenvalue weighted by Crippen LogP contribution is -2.15. The third-order valence-corrected chi connectivity index (χ3v) is 7.71. The molecule has 9 nitrogen and oxygen atoms in total. The number of hydrogen-bond donors (Lipinski definition) is 2. The number of aromatic nitrogens is 4. The van der Waals surface area contributed by atoms with Crippen LogP contribution in [-0.2, 0) is 22.8 Å². The monoisotopic (exact) mass is 572 g/mol. The first-order valence-corrected chi connectivity index (χ1v) is 14.4. The minimum Gasteiger partial charge on any atom is -0.495 e. The predicted molar refractivity (Wildman–Crippen MR) is 144 cm³/mol. The summed E-state index contributed by atoms with van der Waals surface area (Å²) in [5, 5.41) is 10.8. The fraction of sp³-hybridized carbons (Fsp3) is 0.333. The normalized spacial score (nSPS) is 15.5. The van der Waals surface area contributed by atoms with Crippen LogP contribution in [0.3, 0.4) is 0 Å². The highest BCUT2D eigenvalue weighted by Gasteiger charge is 2.32. The minimum absolute atomic E-state index is 0.0365. The van der Waals surface area contributed by atoms with E-state index in [0.717, 1.165) is 37.0 Å². The standard InChI is InChI=1S/C27H27F3N6O3S/c1-39-24-16-18(40(2,37)38)9-10-22(24)31-12-3-7-21-23(17-27(28,29)30)35-14-4-6-19(26(35)34-21)20-8-5-15-36-25(33-20)11-13-32-36/h4,6,9-11,13-14,16,20,31,33H,5,8,12,15,17H2,1-2H3/t20-/m0/s1. The Balaban J connectivity index is 1.45. The van der Waals surface area contributed by atoms with Crippen LogP contribution in [-0.4, -0.2) is 53.7 Å². The van der Waals surface area contributed by atoms with Crippen molar-refractivity contribution in [2.24, 2.45) is 0 Å². The van der Waals surface area contributed by atoms with E-state index in [9.17, 15) is 21.6 Å². The molecule has 4 aromatic rings. The van der Waals surface area contributed by atoms with Crippen LogP contribution >= 0.6 is 0 Å². The number of methoxy groups -OCH3 is 1. The van der Waals surface area contributed by atoms with Gasteiger partial charge in [0, 0.05) is 36.7 Å². The molecule has 0 saturated carbocycles. The Morgan fingerprint density at radius 3 is 2.83 bits per heavy atom. The summed E-state index contributed by atoms with van der Waals surface area (Å²) in [5.74, 6) is 6.80. The number of nitrogens with zero attached hydrogens (tertiary/aromatic N) is 4. The van der Waals surface area contributed by atoms with Crippen LogP contribution in [0.4, 0.5) is 24.7 Å². The van der Waals surface area contributed by atoms with Crippen LogP contribution in [0.25, 0.3) is 5.65 Å². The van der Waals surface area contributed by atoms with Crippen molar-refractivity contribution >= 4 is 27.0 Å². The SMILES string of the molecule is COc1cc(S(C)(=O)=O)ccc1NCC#Cc1nc2c([C@@H]3CCCn4nccc4N3)cccn2c1CC(F)(F)F. The Labute approximate surface area is 229 Å². The minimum atomic E-state index is -4.46.